The molecule has 152 valence electrons. The molecular weight excluding hydrogens is 398 g/mol. The molecule has 7 heteroatoms. The van der Waals surface area contributed by atoms with E-state index in [0.29, 0.717) is 22.4 Å². The zero-order chi connectivity index (χ0) is 21.3. The number of amides is 1. The molecule has 1 N–H and O–H groups in total. The number of aryl methyl sites for hydroxylation is 2. The monoisotopic (exact) mass is 419 g/mol. The number of carbonyl (C=O) groups is 1. The van der Waals surface area contributed by atoms with Crippen molar-refractivity contribution in [1.29, 1.82) is 0 Å². The topological polar surface area (TPSA) is 73.1 Å². The van der Waals surface area contributed by atoms with E-state index in [0.717, 1.165) is 21.3 Å². The molecular formula is C23H21N3O3S. The van der Waals surface area contributed by atoms with Gasteiger partial charge in [-0.05, 0) is 54.1 Å². The number of aromatic nitrogens is 2. The molecule has 2 aromatic heterocycles. The predicted octanol–water partition coefficient (Wildman–Crippen LogP) is 3.15. The third-order valence-electron chi connectivity index (χ3n) is 4.85. The van der Waals surface area contributed by atoms with E-state index in [4.69, 9.17) is 0 Å². The summed E-state index contributed by atoms with van der Waals surface area (Å²) >= 11 is 1.27. The van der Waals surface area contributed by atoms with Gasteiger partial charge in [-0.3, -0.25) is 14.2 Å². The highest BCUT2D eigenvalue weighted by atomic mass is 32.1. The van der Waals surface area contributed by atoms with Gasteiger partial charge in [-0.1, -0.05) is 36.4 Å². The lowest BCUT2D eigenvalue weighted by Gasteiger charge is -2.13. The van der Waals surface area contributed by atoms with Crippen LogP contribution in [-0.2, 0) is 17.9 Å². The second kappa shape index (κ2) is 8.12. The van der Waals surface area contributed by atoms with Gasteiger partial charge < -0.3 is 5.32 Å². The van der Waals surface area contributed by atoms with Gasteiger partial charge >= 0.3 is 5.69 Å². The quantitative estimate of drug-likeness (QED) is 0.540. The van der Waals surface area contributed by atoms with E-state index < -0.39 is 5.69 Å². The van der Waals surface area contributed by atoms with Crippen LogP contribution in [0.4, 0.5) is 0 Å². The third kappa shape index (κ3) is 3.84. The van der Waals surface area contributed by atoms with Crippen LogP contribution < -0.4 is 16.6 Å². The van der Waals surface area contributed by atoms with E-state index in [1.807, 2.05) is 50.2 Å². The van der Waals surface area contributed by atoms with Crippen LogP contribution in [0.2, 0.25) is 0 Å². The average Bonchev–Trinajstić information content (AvgIpc) is 3.20. The molecule has 2 heterocycles. The fourth-order valence-electron chi connectivity index (χ4n) is 3.54. The molecule has 0 unspecified atom stereocenters. The number of nitrogens with one attached hydrogen (secondary N) is 1. The normalized spacial score (nSPS) is 11.0. The van der Waals surface area contributed by atoms with Gasteiger partial charge in [-0.25, -0.2) is 9.36 Å². The minimum absolute atomic E-state index is 0.163. The van der Waals surface area contributed by atoms with Gasteiger partial charge in [0.15, 0.2) is 0 Å². The molecule has 2 aromatic carbocycles. The first-order valence-electron chi connectivity index (χ1n) is 9.56. The Morgan fingerprint density at radius 3 is 2.40 bits per heavy atom. The second-order valence-electron chi connectivity index (χ2n) is 7.25. The van der Waals surface area contributed by atoms with Gasteiger partial charge in [-0.2, -0.15) is 0 Å². The predicted molar refractivity (Wildman–Crippen MR) is 119 cm³/mol. The van der Waals surface area contributed by atoms with Gasteiger partial charge in [0.05, 0.1) is 11.2 Å². The number of fused-ring (bicyclic) bond motifs is 1. The van der Waals surface area contributed by atoms with Crippen LogP contribution in [0.15, 0.2) is 69.6 Å². The van der Waals surface area contributed by atoms with Crippen LogP contribution in [0, 0.1) is 13.8 Å². The van der Waals surface area contributed by atoms with Crippen LogP contribution in [0.3, 0.4) is 0 Å². The molecule has 0 bridgehead atoms. The van der Waals surface area contributed by atoms with Crippen molar-refractivity contribution in [2.24, 2.45) is 0 Å². The van der Waals surface area contributed by atoms with E-state index >= 15 is 0 Å². The van der Waals surface area contributed by atoms with Crippen molar-refractivity contribution in [2.75, 3.05) is 0 Å². The number of rotatable bonds is 5. The molecule has 0 saturated carbocycles. The standard InChI is InChI=1S/C23H21N3O3S/c1-15-10-16(2)12-18(11-15)26-22(28)21-19(8-9-30-21)25(23(26)29)14-20(27)24-13-17-6-4-3-5-7-17/h3-12H,13-14H2,1-2H3,(H,24,27). The summed E-state index contributed by atoms with van der Waals surface area (Å²) in [5.74, 6) is -0.293. The number of hydrogen-bond donors (Lipinski definition) is 1. The number of nitrogens with zero attached hydrogens (tertiary/aromatic N) is 2. The summed E-state index contributed by atoms with van der Waals surface area (Å²) in [6.07, 6.45) is 0. The maximum absolute atomic E-state index is 13.3. The molecule has 0 atom stereocenters. The van der Waals surface area contributed by atoms with Crippen molar-refractivity contribution in [3.05, 3.63) is 97.5 Å². The summed E-state index contributed by atoms with van der Waals surface area (Å²) in [7, 11) is 0. The van der Waals surface area contributed by atoms with Gasteiger partial charge in [0.25, 0.3) is 5.56 Å². The van der Waals surface area contributed by atoms with E-state index in [1.54, 1.807) is 23.6 Å². The zero-order valence-corrected chi connectivity index (χ0v) is 17.5. The van der Waals surface area contributed by atoms with Crippen LogP contribution in [-0.4, -0.2) is 15.0 Å². The maximum atomic E-state index is 13.3. The molecule has 0 saturated heterocycles. The van der Waals surface area contributed by atoms with Crippen molar-refractivity contribution >= 4 is 27.5 Å². The van der Waals surface area contributed by atoms with Crippen molar-refractivity contribution in [3.8, 4) is 5.69 Å². The Balaban J connectivity index is 1.74. The Bertz CT molecular complexity index is 1330. The van der Waals surface area contributed by atoms with Crippen LogP contribution in [0.5, 0.6) is 0 Å². The minimum atomic E-state index is -0.522. The lowest BCUT2D eigenvalue weighted by Crippen LogP contribution is -2.41. The van der Waals surface area contributed by atoms with Crippen LogP contribution in [0.25, 0.3) is 15.9 Å². The lowest BCUT2D eigenvalue weighted by molar-refractivity contribution is -0.121. The maximum Gasteiger partial charge on any atom is 0.336 e. The van der Waals surface area contributed by atoms with E-state index in [2.05, 4.69) is 5.32 Å². The first-order valence-corrected chi connectivity index (χ1v) is 10.4. The van der Waals surface area contributed by atoms with E-state index in [1.165, 1.54) is 15.9 Å². The highest BCUT2D eigenvalue weighted by Crippen LogP contribution is 2.17. The van der Waals surface area contributed by atoms with Crippen molar-refractivity contribution < 1.29 is 4.79 Å². The summed E-state index contributed by atoms with van der Waals surface area (Å²) < 4.78 is 2.97. The smallest absolute Gasteiger partial charge is 0.336 e. The highest BCUT2D eigenvalue weighted by molar-refractivity contribution is 7.17. The number of thiophene rings is 1. The van der Waals surface area contributed by atoms with Gasteiger partial charge in [-0.15, -0.1) is 11.3 Å². The van der Waals surface area contributed by atoms with E-state index in [-0.39, 0.29) is 18.0 Å². The van der Waals surface area contributed by atoms with Gasteiger partial charge in [0.1, 0.15) is 11.2 Å². The summed E-state index contributed by atoms with van der Waals surface area (Å²) in [4.78, 5) is 38.9. The first-order chi connectivity index (χ1) is 14.4. The third-order valence-corrected chi connectivity index (χ3v) is 5.75. The Labute approximate surface area is 177 Å². The minimum Gasteiger partial charge on any atom is -0.350 e. The molecule has 4 rings (SSSR count). The Hall–Kier alpha value is -3.45. The van der Waals surface area contributed by atoms with Crippen molar-refractivity contribution in [3.63, 3.8) is 0 Å². The fraction of sp³-hybridized carbons (Fsp3) is 0.174. The average molecular weight is 420 g/mol. The van der Waals surface area contributed by atoms with Gasteiger partial charge in [0.2, 0.25) is 5.91 Å². The largest absolute Gasteiger partial charge is 0.350 e. The molecule has 0 fully saturated rings. The van der Waals surface area contributed by atoms with Crippen molar-refractivity contribution in [2.45, 2.75) is 26.9 Å². The zero-order valence-electron chi connectivity index (χ0n) is 16.7. The van der Waals surface area contributed by atoms with Gasteiger partial charge in [0, 0.05) is 6.54 Å². The Kier molecular flexibility index (Phi) is 5.37. The molecule has 0 aliphatic rings. The lowest BCUT2D eigenvalue weighted by atomic mass is 10.1. The molecule has 6 nitrogen and oxygen atoms in total. The SMILES string of the molecule is Cc1cc(C)cc(-n2c(=O)c3sccc3n(CC(=O)NCc3ccccc3)c2=O)c1. The number of carbonyl (C=O) groups excluding carboxylic acids is 1. The second-order valence-corrected chi connectivity index (χ2v) is 8.17. The molecule has 4 aromatic rings. The summed E-state index contributed by atoms with van der Waals surface area (Å²) in [5.41, 5.74) is 2.98. The molecule has 0 aliphatic carbocycles. The molecule has 1 amide bonds. The first kappa shape index (κ1) is 19.8. The Morgan fingerprint density at radius 2 is 1.70 bits per heavy atom. The number of benzene rings is 2. The molecule has 0 spiro atoms. The molecule has 30 heavy (non-hydrogen) atoms. The highest BCUT2D eigenvalue weighted by Gasteiger charge is 2.17. The van der Waals surface area contributed by atoms with Crippen LogP contribution >= 0.6 is 11.3 Å². The molecule has 0 aliphatic heterocycles. The number of hydrogen-bond acceptors (Lipinski definition) is 4. The van der Waals surface area contributed by atoms with E-state index in [9.17, 15) is 14.4 Å². The summed E-state index contributed by atoms with van der Waals surface area (Å²) in [6.45, 7) is 4.05. The summed E-state index contributed by atoms with van der Waals surface area (Å²) in [5, 5.41) is 4.60. The summed E-state index contributed by atoms with van der Waals surface area (Å²) in [6, 6.07) is 16.8. The van der Waals surface area contributed by atoms with Crippen molar-refractivity contribution in [1.82, 2.24) is 14.5 Å². The fourth-order valence-corrected chi connectivity index (χ4v) is 4.37. The van der Waals surface area contributed by atoms with Crippen LogP contribution in [0.1, 0.15) is 16.7 Å². The Morgan fingerprint density at radius 1 is 1.00 bits per heavy atom. The molecule has 0 radical (unpaired) electrons.